The molecular formula is CH6ClNSi. The van der Waals surface area contributed by atoms with E-state index >= 15 is 0 Å². The lowest BCUT2D eigenvalue weighted by molar-refractivity contribution is 1.27. The summed E-state index contributed by atoms with van der Waals surface area (Å²) in [7, 11) is 1.51. The van der Waals surface area contributed by atoms with E-state index < -0.39 is 0 Å². The summed E-state index contributed by atoms with van der Waals surface area (Å²) < 4.78 is 0. The Morgan fingerprint density at radius 2 is 2.25 bits per heavy atom. The summed E-state index contributed by atoms with van der Waals surface area (Å²) in [5.74, 6) is 0. The van der Waals surface area contributed by atoms with Gasteiger partial charge in [0.2, 0.25) is 0 Å². The molecular weight excluding hydrogens is 89.6 g/mol. The number of rotatable bonds is 1. The second-order valence-electron chi connectivity index (χ2n) is 0.487. The van der Waals surface area contributed by atoms with E-state index in [4.69, 9.17) is 11.1 Å². The van der Waals surface area contributed by atoms with Crippen molar-refractivity contribution in [1.29, 1.82) is 0 Å². The molecule has 0 amide bonds. The smallest absolute Gasteiger partial charge is 0.195 e. The van der Waals surface area contributed by atoms with Crippen molar-refractivity contribution in [3.05, 3.63) is 0 Å². The first-order chi connectivity index (χ1) is 1.91. The van der Waals surface area contributed by atoms with Gasteiger partial charge < -0.3 is 4.98 Å². The zero-order valence-corrected chi connectivity index (χ0v) is 4.76. The molecule has 0 heterocycles. The summed E-state index contributed by atoms with van der Waals surface area (Å²) in [5.41, 5.74) is 0. The highest BCUT2D eigenvalue weighted by Crippen LogP contribution is 1.49. The van der Waals surface area contributed by atoms with E-state index in [0.717, 1.165) is 0 Å². The van der Waals surface area contributed by atoms with Crippen molar-refractivity contribution in [2.45, 2.75) is 0 Å². The van der Waals surface area contributed by atoms with Gasteiger partial charge in [0.1, 0.15) is 0 Å². The monoisotopic (exact) mass is 95.0 g/mol. The van der Waals surface area contributed by atoms with Crippen LogP contribution in [0.15, 0.2) is 0 Å². The zero-order chi connectivity index (χ0) is 3.41. The maximum Gasteiger partial charge on any atom is 0.195 e. The fourth-order valence-corrected chi connectivity index (χ4v) is 0. The molecule has 0 fully saturated rings. The molecule has 0 atom stereocenters. The summed E-state index contributed by atoms with van der Waals surface area (Å²) in [6.07, 6.45) is 0. The molecule has 0 aromatic carbocycles. The van der Waals surface area contributed by atoms with Crippen LogP contribution in [0.4, 0.5) is 0 Å². The van der Waals surface area contributed by atoms with Crippen LogP contribution in [0.1, 0.15) is 0 Å². The quantitative estimate of drug-likeness (QED) is 0.340. The van der Waals surface area contributed by atoms with E-state index in [9.17, 15) is 0 Å². The van der Waals surface area contributed by atoms with Crippen LogP contribution in [0.2, 0.25) is 0 Å². The van der Waals surface area contributed by atoms with E-state index in [1.807, 2.05) is 7.05 Å². The Morgan fingerprint density at radius 1 is 2.00 bits per heavy atom. The Kier molecular flexibility index (Phi) is 3.87. The minimum atomic E-state index is -0.353. The second-order valence-corrected chi connectivity index (χ2v) is 2.26. The van der Waals surface area contributed by atoms with Gasteiger partial charge in [0.05, 0.1) is 0 Å². The summed E-state index contributed by atoms with van der Waals surface area (Å²) in [6.45, 7) is 0. The summed E-state index contributed by atoms with van der Waals surface area (Å²) in [5, 5.41) is 0. The normalized spacial score (nSPS) is 10.5. The van der Waals surface area contributed by atoms with Gasteiger partial charge in [-0.05, 0) is 7.05 Å². The molecule has 0 spiro atoms. The molecule has 0 bridgehead atoms. The predicted molar refractivity (Wildman–Crippen MR) is 23.5 cm³/mol. The Hall–Kier alpha value is 0.467. The summed E-state index contributed by atoms with van der Waals surface area (Å²) in [6, 6.07) is 0. The Bertz CT molecular complexity index is 10.0. The van der Waals surface area contributed by atoms with Crippen molar-refractivity contribution in [2.75, 3.05) is 7.05 Å². The van der Waals surface area contributed by atoms with Crippen molar-refractivity contribution in [1.82, 2.24) is 4.98 Å². The molecule has 0 rings (SSSR count). The number of nitrogens with one attached hydrogen (secondary N) is 1. The Morgan fingerprint density at radius 3 is 2.25 bits per heavy atom. The van der Waals surface area contributed by atoms with Crippen molar-refractivity contribution in [3.8, 4) is 0 Å². The van der Waals surface area contributed by atoms with Gasteiger partial charge in [0, 0.05) is 0 Å². The van der Waals surface area contributed by atoms with E-state index in [-0.39, 0.29) is 8.99 Å². The van der Waals surface area contributed by atoms with Crippen LogP contribution in [-0.2, 0) is 0 Å². The topological polar surface area (TPSA) is 12.0 Å². The van der Waals surface area contributed by atoms with Gasteiger partial charge in [-0.3, -0.25) is 0 Å². The van der Waals surface area contributed by atoms with Gasteiger partial charge in [-0.2, -0.15) is 11.1 Å². The lowest BCUT2D eigenvalue weighted by Crippen LogP contribution is -2.03. The molecule has 0 aromatic heterocycles. The first-order valence-corrected chi connectivity index (χ1v) is 3.97. The maximum absolute atomic E-state index is 5.21. The molecule has 0 aliphatic heterocycles. The van der Waals surface area contributed by atoms with Crippen LogP contribution in [0, 0.1) is 0 Å². The number of hydrogen-bond donors (Lipinski definition) is 1. The molecule has 4 heavy (non-hydrogen) atoms. The van der Waals surface area contributed by atoms with E-state index in [1.165, 1.54) is 0 Å². The van der Waals surface area contributed by atoms with Gasteiger partial charge in [-0.25, -0.2) is 0 Å². The minimum absolute atomic E-state index is 0.353. The van der Waals surface area contributed by atoms with Crippen molar-refractivity contribution in [2.24, 2.45) is 0 Å². The number of halogens is 1. The predicted octanol–water partition coefficient (Wildman–Crippen LogP) is -0.557. The van der Waals surface area contributed by atoms with Gasteiger partial charge in [0.25, 0.3) is 0 Å². The van der Waals surface area contributed by atoms with Crippen LogP contribution < -0.4 is 4.98 Å². The van der Waals surface area contributed by atoms with E-state index in [2.05, 4.69) is 4.98 Å². The molecule has 3 heteroatoms. The van der Waals surface area contributed by atoms with Gasteiger partial charge in [-0.15, -0.1) is 0 Å². The fraction of sp³-hybridized carbons (Fsp3) is 1.00. The van der Waals surface area contributed by atoms with Gasteiger partial charge in [-0.1, -0.05) is 0 Å². The lowest BCUT2D eigenvalue weighted by Gasteiger charge is -1.71. The Balaban J connectivity index is 1.97. The van der Waals surface area contributed by atoms with Crippen LogP contribution in [0.3, 0.4) is 0 Å². The molecule has 0 aliphatic carbocycles. The molecule has 26 valence electrons. The van der Waals surface area contributed by atoms with Crippen LogP contribution >= 0.6 is 11.1 Å². The highest BCUT2D eigenvalue weighted by molar-refractivity contribution is 6.92. The molecule has 0 aromatic rings. The maximum atomic E-state index is 5.21. The molecule has 0 radical (unpaired) electrons. The third kappa shape index (κ3) is 2.47. The molecule has 1 N–H and O–H groups in total. The number of hydrogen-bond acceptors (Lipinski definition) is 1. The first-order valence-electron chi connectivity index (χ1n) is 1.12. The molecule has 0 aliphatic rings. The fourth-order valence-electron chi connectivity index (χ4n) is 0. The average molecular weight is 95.6 g/mol. The second kappa shape index (κ2) is 3.47. The molecule has 0 saturated heterocycles. The molecule has 1 nitrogen and oxygen atoms in total. The third-order valence-corrected chi connectivity index (χ3v) is 1.20. The SMILES string of the molecule is CN[SiH2]Cl. The highest BCUT2D eigenvalue weighted by atomic mass is 35.6. The van der Waals surface area contributed by atoms with Crippen LogP contribution in [0.25, 0.3) is 0 Å². The molecule has 0 unspecified atom stereocenters. The van der Waals surface area contributed by atoms with Crippen molar-refractivity contribution >= 4 is 20.1 Å². The first kappa shape index (κ1) is 4.47. The zero-order valence-electron chi connectivity index (χ0n) is 2.59. The van der Waals surface area contributed by atoms with Crippen molar-refractivity contribution in [3.63, 3.8) is 0 Å². The Labute approximate surface area is 33.0 Å². The van der Waals surface area contributed by atoms with Crippen LogP contribution in [0.5, 0.6) is 0 Å². The third-order valence-electron chi connectivity index (χ3n) is 0.134. The lowest BCUT2D eigenvalue weighted by atomic mass is 11.6. The summed E-state index contributed by atoms with van der Waals surface area (Å²) in [4.78, 5) is 2.83. The highest BCUT2D eigenvalue weighted by Gasteiger charge is 1.57. The van der Waals surface area contributed by atoms with E-state index in [1.54, 1.807) is 0 Å². The van der Waals surface area contributed by atoms with E-state index in [0.29, 0.717) is 0 Å². The standard InChI is InChI=1S/CH6ClNSi/c1-3-4-2/h3H,4H2,1H3. The van der Waals surface area contributed by atoms with Gasteiger partial charge in [0.15, 0.2) is 8.99 Å². The van der Waals surface area contributed by atoms with Gasteiger partial charge >= 0.3 is 0 Å². The molecule has 0 saturated carbocycles. The average Bonchev–Trinajstić information content (AvgIpc) is 1.37. The minimum Gasteiger partial charge on any atom is -0.333 e. The van der Waals surface area contributed by atoms with Crippen LogP contribution in [-0.4, -0.2) is 16.0 Å². The summed E-state index contributed by atoms with van der Waals surface area (Å²) >= 11 is 5.21. The largest absolute Gasteiger partial charge is 0.333 e. The van der Waals surface area contributed by atoms with Crippen molar-refractivity contribution < 1.29 is 0 Å².